The second-order valence-electron chi connectivity index (χ2n) is 9.02. The molecule has 8 heteroatoms. The zero-order valence-electron chi connectivity index (χ0n) is 20.2. The minimum atomic E-state index is -0.252. The normalized spacial score (nSPS) is 14.9. The maximum atomic E-state index is 13.0. The van der Waals surface area contributed by atoms with Crippen LogP contribution in [-0.4, -0.2) is 46.3 Å². The van der Waals surface area contributed by atoms with Gasteiger partial charge in [-0.3, -0.25) is 19.7 Å². The summed E-state index contributed by atoms with van der Waals surface area (Å²) in [7, 11) is 0. The van der Waals surface area contributed by atoms with Crippen LogP contribution in [0.2, 0.25) is 0 Å². The molecule has 1 aliphatic rings. The van der Waals surface area contributed by atoms with Crippen molar-refractivity contribution >= 4 is 22.7 Å². The highest BCUT2D eigenvalue weighted by Gasteiger charge is 2.19. The lowest BCUT2D eigenvalue weighted by molar-refractivity contribution is 0.0696. The van der Waals surface area contributed by atoms with Crippen LogP contribution in [0.15, 0.2) is 67.0 Å². The SMILES string of the molecule is CCC(NC(=O)c1ccc2[nH]ncc2c1)c1cc(-c2cccc(C(=O)NC3CCOCC3)c2)ccn1. The number of benzene rings is 2. The van der Waals surface area contributed by atoms with Gasteiger partial charge in [0, 0.05) is 42.0 Å². The number of rotatable bonds is 7. The molecule has 0 aliphatic carbocycles. The third kappa shape index (κ3) is 5.28. The van der Waals surface area contributed by atoms with Crippen LogP contribution in [-0.2, 0) is 4.74 Å². The number of pyridine rings is 1. The molecule has 0 bridgehead atoms. The Bertz CT molecular complexity index is 1380. The summed E-state index contributed by atoms with van der Waals surface area (Å²) in [4.78, 5) is 30.3. The molecule has 2 aromatic heterocycles. The monoisotopic (exact) mass is 483 g/mol. The molecule has 3 heterocycles. The van der Waals surface area contributed by atoms with E-state index < -0.39 is 0 Å². The minimum Gasteiger partial charge on any atom is -0.381 e. The van der Waals surface area contributed by atoms with Crippen LogP contribution in [0.4, 0.5) is 0 Å². The van der Waals surface area contributed by atoms with Gasteiger partial charge in [0.15, 0.2) is 0 Å². The molecule has 0 spiro atoms. The number of amides is 2. The van der Waals surface area contributed by atoms with Crippen LogP contribution < -0.4 is 10.6 Å². The van der Waals surface area contributed by atoms with Crippen molar-refractivity contribution in [3.05, 3.63) is 83.8 Å². The topological polar surface area (TPSA) is 109 Å². The van der Waals surface area contributed by atoms with Crippen LogP contribution >= 0.6 is 0 Å². The first kappa shape index (κ1) is 23.7. The highest BCUT2D eigenvalue weighted by molar-refractivity contribution is 5.98. The van der Waals surface area contributed by atoms with E-state index in [0.29, 0.717) is 30.8 Å². The van der Waals surface area contributed by atoms with Crippen LogP contribution in [0.5, 0.6) is 0 Å². The average Bonchev–Trinajstić information content (AvgIpc) is 3.40. The maximum Gasteiger partial charge on any atom is 0.251 e. The van der Waals surface area contributed by atoms with E-state index >= 15 is 0 Å². The van der Waals surface area contributed by atoms with Gasteiger partial charge in [-0.15, -0.1) is 0 Å². The highest BCUT2D eigenvalue weighted by atomic mass is 16.5. The molecule has 1 unspecified atom stereocenters. The smallest absolute Gasteiger partial charge is 0.251 e. The van der Waals surface area contributed by atoms with Gasteiger partial charge in [-0.1, -0.05) is 19.1 Å². The van der Waals surface area contributed by atoms with E-state index in [0.717, 1.165) is 40.6 Å². The molecule has 3 N–H and O–H groups in total. The number of aromatic nitrogens is 3. The van der Waals surface area contributed by atoms with Gasteiger partial charge in [-0.25, -0.2) is 0 Å². The Labute approximate surface area is 209 Å². The summed E-state index contributed by atoms with van der Waals surface area (Å²) in [6.45, 7) is 3.37. The van der Waals surface area contributed by atoms with Crippen molar-refractivity contribution < 1.29 is 14.3 Å². The van der Waals surface area contributed by atoms with Gasteiger partial charge < -0.3 is 15.4 Å². The molecule has 0 saturated carbocycles. The first-order valence-corrected chi connectivity index (χ1v) is 12.3. The Morgan fingerprint density at radius 2 is 1.83 bits per heavy atom. The second kappa shape index (κ2) is 10.7. The van der Waals surface area contributed by atoms with Crippen LogP contribution in [0, 0.1) is 0 Å². The Kier molecular flexibility index (Phi) is 7.04. The third-order valence-electron chi connectivity index (χ3n) is 6.57. The summed E-state index contributed by atoms with van der Waals surface area (Å²) in [6, 6.07) is 16.8. The quantitative estimate of drug-likeness (QED) is 0.361. The summed E-state index contributed by atoms with van der Waals surface area (Å²) in [5.41, 5.74) is 4.70. The number of hydrogen-bond donors (Lipinski definition) is 3. The lowest BCUT2D eigenvalue weighted by Crippen LogP contribution is -2.38. The summed E-state index contributed by atoms with van der Waals surface area (Å²) < 4.78 is 5.38. The van der Waals surface area contributed by atoms with Crippen molar-refractivity contribution in [3.63, 3.8) is 0 Å². The minimum absolute atomic E-state index is 0.0775. The molecule has 0 radical (unpaired) electrons. The van der Waals surface area contributed by atoms with Crippen molar-refractivity contribution in [1.29, 1.82) is 0 Å². The number of carbonyl (C=O) groups excluding carboxylic acids is 2. The number of aromatic amines is 1. The van der Waals surface area contributed by atoms with E-state index in [1.807, 2.05) is 55.5 Å². The third-order valence-corrected chi connectivity index (χ3v) is 6.57. The van der Waals surface area contributed by atoms with Crippen LogP contribution in [0.3, 0.4) is 0 Å². The molecule has 1 aliphatic heterocycles. The van der Waals surface area contributed by atoms with E-state index in [1.54, 1.807) is 18.5 Å². The fourth-order valence-electron chi connectivity index (χ4n) is 4.48. The Morgan fingerprint density at radius 1 is 1.03 bits per heavy atom. The summed E-state index contributed by atoms with van der Waals surface area (Å²) >= 11 is 0. The van der Waals surface area contributed by atoms with Gasteiger partial charge >= 0.3 is 0 Å². The molecule has 1 atom stereocenters. The maximum absolute atomic E-state index is 13.0. The molecule has 5 rings (SSSR count). The van der Waals surface area contributed by atoms with Crippen molar-refractivity contribution in [2.45, 2.75) is 38.3 Å². The van der Waals surface area contributed by atoms with E-state index in [-0.39, 0.29) is 23.9 Å². The number of fused-ring (bicyclic) bond motifs is 1. The summed E-state index contributed by atoms with van der Waals surface area (Å²) in [6.07, 6.45) is 5.79. The molecule has 4 aromatic rings. The van der Waals surface area contributed by atoms with Gasteiger partial charge in [0.2, 0.25) is 0 Å². The predicted molar refractivity (Wildman–Crippen MR) is 138 cm³/mol. The zero-order chi connectivity index (χ0) is 24.9. The van der Waals surface area contributed by atoms with Crippen molar-refractivity contribution in [1.82, 2.24) is 25.8 Å². The van der Waals surface area contributed by atoms with Crippen LogP contribution in [0.25, 0.3) is 22.0 Å². The molecule has 2 aromatic carbocycles. The van der Waals surface area contributed by atoms with E-state index in [4.69, 9.17) is 4.74 Å². The van der Waals surface area contributed by atoms with Gasteiger partial charge in [-0.05, 0) is 72.9 Å². The largest absolute Gasteiger partial charge is 0.381 e. The molecule has 2 amide bonds. The first-order valence-electron chi connectivity index (χ1n) is 12.3. The summed E-state index contributed by atoms with van der Waals surface area (Å²) in [5.74, 6) is -0.241. The van der Waals surface area contributed by atoms with Crippen LogP contribution in [0.1, 0.15) is 58.6 Å². The number of carbonyl (C=O) groups is 2. The summed E-state index contributed by atoms with van der Waals surface area (Å²) in [5, 5.41) is 14.0. The predicted octanol–water partition coefficient (Wildman–Crippen LogP) is 4.41. The van der Waals surface area contributed by atoms with Gasteiger partial charge in [0.25, 0.3) is 11.8 Å². The fourth-order valence-corrected chi connectivity index (χ4v) is 4.48. The van der Waals surface area contributed by atoms with Crippen molar-refractivity contribution in [2.75, 3.05) is 13.2 Å². The Morgan fingerprint density at radius 3 is 2.67 bits per heavy atom. The van der Waals surface area contributed by atoms with Gasteiger partial charge in [0.1, 0.15) is 0 Å². The molecule has 1 fully saturated rings. The zero-order valence-corrected chi connectivity index (χ0v) is 20.2. The molecule has 8 nitrogen and oxygen atoms in total. The van der Waals surface area contributed by atoms with Crippen molar-refractivity contribution in [3.8, 4) is 11.1 Å². The second-order valence-corrected chi connectivity index (χ2v) is 9.02. The van der Waals surface area contributed by atoms with Crippen molar-refractivity contribution in [2.24, 2.45) is 0 Å². The highest BCUT2D eigenvalue weighted by Crippen LogP contribution is 2.25. The lowest BCUT2D eigenvalue weighted by atomic mass is 10.0. The van der Waals surface area contributed by atoms with Gasteiger partial charge in [0.05, 0.1) is 23.4 Å². The number of ether oxygens (including phenoxy) is 1. The molecule has 36 heavy (non-hydrogen) atoms. The standard InChI is InChI=1S/C28H29N5O3/c1-2-24(32-28(35)21-6-7-25-22(15-21)17-30-33-25)26-16-19(8-11-29-26)18-4-3-5-20(14-18)27(34)31-23-9-12-36-13-10-23/h3-8,11,14-17,23-24H,2,9-10,12-13H2,1H3,(H,30,33)(H,31,34)(H,32,35). The van der Waals surface area contributed by atoms with E-state index in [1.165, 1.54) is 0 Å². The Balaban J connectivity index is 1.32. The first-order chi connectivity index (χ1) is 17.6. The lowest BCUT2D eigenvalue weighted by Gasteiger charge is -2.23. The fraction of sp³-hybridized carbons (Fsp3) is 0.286. The number of nitrogens with zero attached hydrogens (tertiary/aromatic N) is 2. The molecule has 184 valence electrons. The number of hydrogen-bond acceptors (Lipinski definition) is 5. The van der Waals surface area contributed by atoms with E-state index in [2.05, 4.69) is 25.8 Å². The van der Waals surface area contributed by atoms with Gasteiger partial charge in [-0.2, -0.15) is 5.10 Å². The molecular weight excluding hydrogens is 454 g/mol. The number of H-pyrrole nitrogens is 1. The number of nitrogens with one attached hydrogen (secondary N) is 3. The molecule has 1 saturated heterocycles. The molecular formula is C28H29N5O3. The average molecular weight is 484 g/mol. The van der Waals surface area contributed by atoms with E-state index in [9.17, 15) is 9.59 Å². The Hall–Kier alpha value is -4.04.